The number of carboxylic acid groups (broad SMARTS) is 1. The number of H-pyrrole nitrogens is 1. The van der Waals surface area contributed by atoms with E-state index in [1.165, 1.54) is 42.8 Å². The van der Waals surface area contributed by atoms with Crippen LogP contribution in [0.3, 0.4) is 0 Å². The molecule has 0 saturated carbocycles. The van der Waals surface area contributed by atoms with Gasteiger partial charge in [-0.2, -0.15) is 10.4 Å². The molecule has 33 heavy (non-hydrogen) atoms. The minimum atomic E-state index is -3.98. The average Bonchev–Trinajstić information content (AvgIpc) is 3.31. The van der Waals surface area contributed by atoms with Crippen molar-refractivity contribution in [2.24, 2.45) is 0 Å². The second kappa shape index (κ2) is 7.62. The van der Waals surface area contributed by atoms with E-state index in [-0.39, 0.29) is 28.8 Å². The Morgan fingerprint density at radius 1 is 1.24 bits per heavy atom. The third-order valence-electron chi connectivity index (χ3n) is 5.59. The van der Waals surface area contributed by atoms with Gasteiger partial charge in [-0.1, -0.05) is 13.8 Å². The zero-order valence-corrected chi connectivity index (χ0v) is 17.6. The first-order valence-corrected chi connectivity index (χ1v) is 9.91. The molecule has 2 heterocycles. The van der Waals surface area contributed by atoms with Gasteiger partial charge >= 0.3 is 5.97 Å². The fourth-order valence-electron chi connectivity index (χ4n) is 4.22. The molecule has 6 nitrogen and oxygen atoms in total. The van der Waals surface area contributed by atoms with Gasteiger partial charge in [0.25, 0.3) is 5.92 Å². The number of carboxylic acids is 1. The van der Waals surface area contributed by atoms with Gasteiger partial charge in [-0.3, -0.25) is 9.89 Å². The highest BCUT2D eigenvalue weighted by Gasteiger charge is 2.45. The number of aliphatic carboxylic acids is 1. The van der Waals surface area contributed by atoms with Crippen LogP contribution >= 0.6 is 0 Å². The van der Waals surface area contributed by atoms with Gasteiger partial charge in [0.05, 0.1) is 23.3 Å². The third-order valence-corrected chi connectivity index (χ3v) is 5.59. The molecule has 170 valence electrons. The Labute approximate surface area is 185 Å². The SMILES string of the molecule is CC(C)(CC#N)c1c(C(F)(F)CC(=O)O)c2c(F)c3[nH]ncc3cc2n1-c1ccc(F)cc1. The van der Waals surface area contributed by atoms with Gasteiger partial charge in [-0.25, -0.2) is 17.6 Å². The molecule has 0 fully saturated rings. The van der Waals surface area contributed by atoms with Crippen LogP contribution in [0.25, 0.3) is 27.5 Å². The van der Waals surface area contributed by atoms with Crippen LogP contribution in [0.1, 0.15) is 37.9 Å². The van der Waals surface area contributed by atoms with Crippen LogP contribution in [0.5, 0.6) is 0 Å². The van der Waals surface area contributed by atoms with Crippen molar-refractivity contribution in [1.82, 2.24) is 14.8 Å². The van der Waals surface area contributed by atoms with Crippen molar-refractivity contribution in [3.63, 3.8) is 0 Å². The van der Waals surface area contributed by atoms with Crippen LogP contribution in [0.4, 0.5) is 17.6 Å². The van der Waals surface area contributed by atoms with Crippen molar-refractivity contribution >= 4 is 27.8 Å². The molecule has 0 bridgehead atoms. The molecule has 0 saturated heterocycles. The summed E-state index contributed by atoms with van der Waals surface area (Å²) in [6.07, 6.45) is -0.470. The van der Waals surface area contributed by atoms with Crippen LogP contribution in [-0.4, -0.2) is 25.8 Å². The molecule has 0 aliphatic heterocycles. The maximum Gasteiger partial charge on any atom is 0.309 e. The molecular formula is C23H18F4N4O2. The number of benzene rings is 2. The van der Waals surface area contributed by atoms with Crippen molar-refractivity contribution in [2.45, 2.75) is 38.0 Å². The summed E-state index contributed by atoms with van der Waals surface area (Å²) in [7, 11) is 0. The summed E-state index contributed by atoms with van der Waals surface area (Å²) in [5.41, 5.74) is -2.04. The van der Waals surface area contributed by atoms with Gasteiger partial charge in [0.15, 0.2) is 5.82 Å². The summed E-state index contributed by atoms with van der Waals surface area (Å²) in [6, 6.07) is 8.35. The highest BCUT2D eigenvalue weighted by molar-refractivity contribution is 6.00. The summed E-state index contributed by atoms with van der Waals surface area (Å²) in [5, 5.41) is 24.6. The molecule has 2 N–H and O–H groups in total. The van der Waals surface area contributed by atoms with Crippen LogP contribution in [-0.2, 0) is 16.1 Å². The van der Waals surface area contributed by atoms with Crippen LogP contribution < -0.4 is 0 Å². The summed E-state index contributed by atoms with van der Waals surface area (Å²) >= 11 is 0. The highest BCUT2D eigenvalue weighted by Crippen LogP contribution is 2.48. The minimum Gasteiger partial charge on any atom is -0.481 e. The number of fused-ring (bicyclic) bond motifs is 2. The summed E-state index contributed by atoms with van der Waals surface area (Å²) in [6.45, 7) is 3.08. The van der Waals surface area contributed by atoms with Gasteiger partial charge in [-0.15, -0.1) is 0 Å². The number of aromatic amines is 1. The molecule has 2 aromatic heterocycles. The largest absolute Gasteiger partial charge is 0.481 e. The zero-order valence-electron chi connectivity index (χ0n) is 17.6. The van der Waals surface area contributed by atoms with E-state index in [1.54, 1.807) is 0 Å². The zero-order chi connectivity index (χ0) is 24.1. The number of alkyl halides is 2. The van der Waals surface area contributed by atoms with Crippen LogP contribution in [0.2, 0.25) is 0 Å². The molecule has 0 radical (unpaired) electrons. The summed E-state index contributed by atoms with van der Waals surface area (Å²) < 4.78 is 61.7. The molecule has 0 amide bonds. The number of halogens is 4. The molecular weight excluding hydrogens is 440 g/mol. The van der Waals surface area contributed by atoms with E-state index in [4.69, 9.17) is 5.11 Å². The number of nitrogens with one attached hydrogen (secondary N) is 1. The van der Waals surface area contributed by atoms with Gasteiger partial charge in [0.2, 0.25) is 0 Å². The van der Waals surface area contributed by atoms with Crippen molar-refractivity contribution in [3.8, 4) is 11.8 Å². The van der Waals surface area contributed by atoms with E-state index in [0.717, 1.165) is 12.1 Å². The number of nitrogens with zero attached hydrogens (tertiary/aromatic N) is 3. The average molecular weight is 458 g/mol. The lowest BCUT2D eigenvalue weighted by Crippen LogP contribution is -2.28. The standard InChI is InChI=1S/C23H18F4N4O2/c1-22(2,7-8-28)21-18(23(26,27)10-16(32)33)17-15(9-12-11-29-30-20(12)19(17)25)31(21)14-5-3-13(24)4-6-14/h3-6,9,11H,7,10H2,1-2H3,(H,29,30)(H,32,33). The number of hydrogen-bond donors (Lipinski definition) is 2. The predicted octanol–water partition coefficient (Wildman–Crippen LogP) is 5.54. The molecule has 0 unspecified atom stereocenters. The Morgan fingerprint density at radius 2 is 1.91 bits per heavy atom. The minimum absolute atomic E-state index is 0.0223. The van der Waals surface area contributed by atoms with E-state index in [1.807, 2.05) is 6.07 Å². The molecule has 0 atom stereocenters. The summed E-state index contributed by atoms with van der Waals surface area (Å²) in [4.78, 5) is 11.3. The van der Waals surface area contributed by atoms with Crippen molar-refractivity contribution < 1.29 is 27.5 Å². The Bertz CT molecular complexity index is 1430. The second-order valence-electron chi connectivity index (χ2n) is 8.45. The molecule has 4 rings (SSSR count). The van der Waals surface area contributed by atoms with Gasteiger partial charge in [-0.05, 0) is 30.3 Å². The highest BCUT2D eigenvalue weighted by atomic mass is 19.3. The van der Waals surface area contributed by atoms with Crippen molar-refractivity contribution in [1.29, 1.82) is 5.26 Å². The number of rotatable bonds is 6. The number of carbonyl (C=O) groups is 1. The fourth-order valence-corrected chi connectivity index (χ4v) is 4.22. The molecule has 10 heteroatoms. The summed E-state index contributed by atoms with van der Waals surface area (Å²) in [5.74, 6) is -7.33. The third kappa shape index (κ3) is 3.59. The quantitative estimate of drug-likeness (QED) is 0.371. The Hall–Kier alpha value is -3.87. The van der Waals surface area contributed by atoms with Crippen LogP contribution in [0, 0.1) is 23.0 Å². The number of nitriles is 1. The Morgan fingerprint density at radius 3 is 2.52 bits per heavy atom. The molecule has 4 aromatic rings. The van der Waals surface area contributed by atoms with E-state index in [9.17, 15) is 14.4 Å². The van der Waals surface area contributed by atoms with Gasteiger partial charge in [0.1, 0.15) is 17.8 Å². The van der Waals surface area contributed by atoms with Gasteiger partial charge < -0.3 is 9.67 Å². The fraction of sp³-hybridized carbons (Fsp3) is 0.261. The molecule has 0 aliphatic rings. The van der Waals surface area contributed by atoms with Crippen LogP contribution in [0.15, 0.2) is 36.5 Å². The Balaban J connectivity index is 2.27. The maximum absolute atomic E-state index is 15.7. The lowest BCUT2D eigenvalue weighted by atomic mass is 9.81. The molecule has 0 aliphatic carbocycles. The normalized spacial score (nSPS) is 12.4. The topological polar surface area (TPSA) is 94.7 Å². The Kier molecular flexibility index (Phi) is 5.16. The number of hydrogen-bond acceptors (Lipinski definition) is 3. The van der Waals surface area contributed by atoms with Gasteiger partial charge in [0, 0.05) is 34.0 Å². The second-order valence-corrected chi connectivity index (χ2v) is 8.45. The van der Waals surface area contributed by atoms with E-state index in [0.29, 0.717) is 5.39 Å². The lowest BCUT2D eigenvalue weighted by molar-refractivity contribution is -0.145. The monoisotopic (exact) mass is 458 g/mol. The number of aromatic nitrogens is 3. The van der Waals surface area contributed by atoms with E-state index < -0.39 is 46.3 Å². The molecule has 0 spiro atoms. The first-order chi connectivity index (χ1) is 15.5. The van der Waals surface area contributed by atoms with E-state index in [2.05, 4.69) is 10.2 Å². The maximum atomic E-state index is 15.7. The van der Waals surface area contributed by atoms with Crippen molar-refractivity contribution in [3.05, 3.63) is 59.4 Å². The van der Waals surface area contributed by atoms with Crippen molar-refractivity contribution in [2.75, 3.05) is 0 Å². The smallest absolute Gasteiger partial charge is 0.309 e. The first-order valence-electron chi connectivity index (χ1n) is 9.91. The molecule has 2 aromatic carbocycles. The first kappa shape index (κ1) is 22.3. The lowest BCUT2D eigenvalue weighted by Gasteiger charge is -2.28. The predicted molar refractivity (Wildman–Crippen MR) is 112 cm³/mol. The van der Waals surface area contributed by atoms with E-state index >= 15 is 13.2 Å².